The van der Waals surface area contributed by atoms with Gasteiger partial charge < -0.3 is 19.5 Å². The molecule has 0 spiro atoms. The lowest BCUT2D eigenvalue weighted by molar-refractivity contribution is 0.101. The number of hydrogen-bond donors (Lipinski definition) is 2. The van der Waals surface area contributed by atoms with E-state index < -0.39 is 5.78 Å². The number of rotatable bonds is 1. The number of benzene rings is 2. The third-order valence-electron chi connectivity index (χ3n) is 4.02. The summed E-state index contributed by atoms with van der Waals surface area (Å²) in [6.45, 7) is 0. The van der Waals surface area contributed by atoms with E-state index in [2.05, 4.69) is 0 Å². The minimum atomic E-state index is -0.438. The highest BCUT2D eigenvalue weighted by Crippen LogP contribution is 2.41. The highest BCUT2D eigenvalue weighted by Gasteiger charge is 2.31. The van der Waals surface area contributed by atoms with E-state index in [0.29, 0.717) is 5.02 Å². The van der Waals surface area contributed by atoms with Gasteiger partial charge in [0.05, 0.1) is 5.02 Å². The molecule has 0 unspecified atom stereocenters. The van der Waals surface area contributed by atoms with Gasteiger partial charge in [-0.15, -0.1) is 0 Å². The maximum absolute atomic E-state index is 12.5. The molecule has 0 radical (unpaired) electrons. The van der Waals surface area contributed by atoms with Crippen molar-refractivity contribution in [3.8, 4) is 17.2 Å². The standard InChI is InChI=1S/C18H12ClNO4/c1-20-8-9(16-11(19)3-2-4-12(16)20)5-15-18(23)17-13(22)6-10(21)7-14(17)24-15/h2-8,21-22H,1H3/b15-5+. The number of Topliss-reactive ketones (excluding diaryl/α,β-unsaturated/α-hetero) is 1. The third-order valence-corrected chi connectivity index (χ3v) is 4.33. The lowest BCUT2D eigenvalue weighted by Gasteiger charge is -2.00. The summed E-state index contributed by atoms with van der Waals surface area (Å²) in [6.07, 6.45) is 3.44. The quantitative estimate of drug-likeness (QED) is 0.659. The molecule has 5 nitrogen and oxygen atoms in total. The SMILES string of the molecule is Cn1cc(/C=C2/Oc3cc(O)cc(O)c3C2=O)c2c(Cl)cccc21. The number of carbonyl (C=O) groups excluding carboxylic acids is 1. The van der Waals surface area contributed by atoms with Gasteiger partial charge in [-0.3, -0.25) is 4.79 Å². The van der Waals surface area contributed by atoms with Gasteiger partial charge in [0.15, 0.2) is 5.76 Å². The minimum Gasteiger partial charge on any atom is -0.508 e. The number of allylic oxidation sites excluding steroid dienone is 1. The van der Waals surface area contributed by atoms with E-state index in [0.717, 1.165) is 22.5 Å². The molecular formula is C18H12ClNO4. The molecule has 24 heavy (non-hydrogen) atoms. The van der Waals surface area contributed by atoms with Crippen molar-refractivity contribution in [1.29, 1.82) is 0 Å². The van der Waals surface area contributed by atoms with E-state index in [-0.39, 0.29) is 28.6 Å². The van der Waals surface area contributed by atoms with Crippen LogP contribution in [0.5, 0.6) is 17.2 Å². The number of hydrogen-bond acceptors (Lipinski definition) is 4. The molecule has 0 aliphatic carbocycles. The summed E-state index contributed by atoms with van der Waals surface area (Å²) in [6, 6.07) is 7.97. The van der Waals surface area contributed by atoms with Gasteiger partial charge in [0.2, 0.25) is 5.78 Å². The molecule has 1 aliphatic heterocycles. The van der Waals surface area contributed by atoms with Crippen molar-refractivity contribution in [3.63, 3.8) is 0 Å². The van der Waals surface area contributed by atoms with E-state index in [1.54, 1.807) is 12.1 Å². The maximum atomic E-state index is 12.5. The van der Waals surface area contributed by atoms with E-state index in [9.17, 15) is 15.0 Å². The van der Waals surface area contributed by atoms with Crippen molar-refractivity contribution in [2.75, 3.05) is 0 Å². The molecule has 120 valence electrons. The van der Waals surface area contributed by atoms with Gasteiger partial charge in [-0.25, -0.2) is 0 Å². The number of aromatic nitrogens is 1. The van der Waals surface area contributed by atoms with Crippen molar-refractivity contribution in [1.82, 2.24) is 4.57 Å². The molecule has 4 rings (SSSR count). The molecule has 2 aromatic carbocycles. The summed E-state index contributed by atoms with van der Waals surface area (Å²) < 4.78 is 7.43. The molecule has 0 amide bonds. The van der Waals surface area contributed by atoms with E-state index in [1.807, 2.05) is 29.9 Å². The summed E-state index contributed by atoms with van der Waals surface area (Å²) >= 11 is 6.29. The summed E-state index contributed by atoms with van der Waals surface area (Å²) in [7, 11) is 1.89. The van der Waals surface area contributed by atoms with Crippen molar-refractivity contribution in [3.05, 3.63) is 58.4 Å². The molecule has 2 heterocycles. The first-order valence-corrected chi connectivity index (χ1v) is 7.57. The number of carbonyl (C=O) groups is 1. The van der Waals surface area contributed by atoms with Crippen LogP contribution in [0, 0.1) is 0 Å². The zero-order valence-corrected chi connectivity index (χ0v) is 13.3. The van der Waals surface area contributed by atoms with Crippen LogP contribution in [-0.2, 0) is 7.05 Å². The Morgan fingerprint density at radius 2 is 2.04 bits per heavy atom. The second kappa shape index (κ2) is 5.04. The van der Waals surface area contributed by atoms with Crippen LogP contribution in [0.3, 0.4) is 0 Å². The minimum absolute atomic E-state index is 0.0467. The first kappa shape index (κ1) is 14.7. The highest BCUT2D eigenvalue weighted by atomic mass is 35.5. The summed E-state index contributed by atoms with van der Waals surface area (Å²) in [5.41, 5.74) is 1.71. The Bertz CT molecular complexity index is 1050. The average Bonchev–Trinajstić information content (AvgIpc) is 2.99. The van der Waals surface area contributed by atoms with Crippen molar-refractivity contribution >= 4 is 34.4 Å². The second-order valence-corrected chi connectivity index (χ2v) is 6.01. The molecular weight excluding hydrogens is 330 g/mol. The monoisotopic (exact) mass is 341 g/mol. The van der Waals surface area contributed by atoms with E-state index in [1.165, 1.54) is 6.07 Å². The molecule has 0 fully saturated rings. The van der Waals surface area contributed by atoms with E-state index in [4.69, 9.17) is 16.3 Å². The number of phenolic OH excluding ortho intramolecular Hbond substituents is 2. The molecule has 0 atom stereocenters. The van der Waals surface area contributed by atoms with Crippen LogP contribution in [0.25, 0.3) is 17.0 Å². The van der Waals surface area contributed by atoms with Gasteiger partial charge in [-0.1, -0.05) is 17.7 Å². The largest absolute Gasteiger partial charge is 0.508 e. The van der Waals surface area contributed by atoms with Crippen molar-refractivity contribution in [2.24, 2.45) is 7.05 Å². The van der Waals surface area contributed by atoms with Crippen LogP contribution in [0.1, 0.15) is 15.9 Å². The third kappa shape index (κ3) is 2.06. The number of nitrogens with zero attached hydrogens (tertiary/aromatic N) is 1. The fraction of sp³-hybridized carbons (Fsp3) is 0.0556. The number of ether oxygens (including phenoxy) is 1. The Balaban J connectivity index is 1.87. The molecule has 2 N–H and O–H groups in total. The van der Waals surface area contributed by atoms with Crippen LogP contribution in [0.15, 0.2) is 42.3 Å². The zero-order chi connectivity index (χ0) is 17.0. The Kier molecular flexibility index (Phi) is 3.08. The Morgan fingerprint density at radius 3 is 2.83 bits per heavy atom. The maximum Gasteiger partial charge on any atom is 0.235 e. The summed E-state index contributed by atoms with van der Waals surface area (Å²) in [5.74, 6) is -0.720. The number of ketones is 1. The second-order valence-electron chi connectivity index (χ2n) is 5.61. The zero-order valence-electron chi connectivity index (χ0n) is 12.6. The van der Waals surface area contributed by atoms with Crippen LogP contribution >= 0.6 is 11.6 Å². The Labute approximate surface area is 142 Å². The summed E-state index contributed by atoms with van der Waals surface area (Å²) in [4.78, 5) is 12.5. The average molecular weight is 342 g/mol. The van der Waals surface area contributed by atoms with Gasteiger partial charge in [0.1, 0.15) is 22.8 Å². The first-order chi connectivity index (χ1) is 11.5. The van der Waals surface area contributed by atoms with E-state index >= 15 is 0 Å². The fourth-order valence-corrected chi connectivity index (χ4v) is 3.24. The van der Waals surface area contributed by atoms with Gasteiger partial charge >= 0.3 is 0 Å². The van der Waals surface area contributed by atoms with Gasteiger partial charge in [0.25, 0.3) is 0 Å². The molecule has 6 heteroatoms. The van der Waals surface area contributed by atoms with Crippen LogP contribution < -0.4 is 4.74 Å². The predicted octanol–water partition coefficient (Wildman–Crippen LogP) is 3.86. The van der Waals surface area contributed by atoms with Crippen molar-refractivity contribution < 1.29 is 19.7 Å². The van der Waals surface area contributed by atoms with Crippen LogP contribution in [0.4, 0.5) is 0 Å². The molecule has 0 saturated heterocycles. The lowest BCUT2D eigenvalue weighted by atomic mass is 10.1. The first-order valence-electron chi connectivity index (χ1n) is 7.19. The molecule has 1 aromatic heterocycles. The molecule has 0 bridgehead atoms. The molecule has 0 saturated carbocycles. The van der Waals surface area contributed by atoms with Crippen molar-refractivity contribution in [2.45, 2.75) is 0 Å². The number of aryl methyl sites for hydroxylation is 1. The number of fused-ring (bicyclic) bond motifs is 2. The number of halogens is 1. The Hall–Kier alpha value is -2.92. The van der Waals surface area contributed by atoms with Gasteiger partial charge in [0, 0.05) is 41.8 Å². The smallest absolute Gasteiger partial charge is 0.235 e. The normalized spacial score (nSPS) is 15.1. The number of aromatic hydroxyl groups is 2. The van der Waals surface area contributed by atoms with Crippen LogP contribution in [0.2, 0.25) is 5.02 Å². The van der Waals surface area contributed by atoms with Gasteiger partial charge in [-0.05, 0) is 18.2 Å². The molecule has 3 aromatic rings. The Morgan fingerprint density at radius 1 is 1.25 bits per heavy atom. The molecule has 1 aliphatic rings. The van der Waals surface area contributed by atoms with Gasteiger partial charge in [-0.2, -0.15) is 0 Å². The highest BCUT2D eigenvalue weighted by molar-refractivity contribution is 6.36. The predicted molar refractivity (Wildman–Crippen MR) is 90.6 cm³/mol. The summed E-state index contributed by atoms with van der Waals surface area (Å²) in [5, 5.41) is 20.8. The lowest BCUT2D eigenvalue weighted by Crippen LogP contribution is -1.98. The fourth-order valence-electron chi connectivity index (χ4n) is 2.96. The number of phenols is 2. The topological polar surface area (TPSA) is 71.7 Å². The van der Waals surface area contributed by atoms with Crippen LogP contribution in [-0.4, -0.2) is 20.6 Å².